The number of rotatable bonds is 38. The molecule has 0 bridgehead atoms. The highest BCUT2D eigenvalue weighted by Crippen LogP contribution is 2.43. The van der Waals surface area contributed by atoms with E-state index in [0.29, 0.717) is 19.3 Å². The van der Waals surface area contributed by atoms with Gasteiger partial charge < -0.3 is 29.7 Å². The molecular formula is C45H77O11P. The molecule has 11 nitrogen and oxygen atoms in total. The van der Waals surface area contributed by atoms with Crippen molar-refractivity contribution < 1.29 is 52.9 Å². The van der Waals surface area contributed by atoms with Crippen molar-refractivity contribution in [2.24, 2.45) is 5.92 Å². The molecule has 0 saturated carbocycles. The molecule has 0 heterocycles. The molecule has 0 spiro atoms. The number of hydrogen-bond donors (Lipinski definition) is 4. The lowest BCUT2D eigenvalue weighted by Gasteiger charge is -2.20. The average molecular weight is 825 g/mol. The lowest BCUT2D eigenvalue weighted by molar-refractivity contribution is -0.161. The number of carbonyl (C=O) groups excluding carboxylic acids is 2. The molecule has 0 rings (SSSR count). The third-order valence-electron chi connectivity index (χ3n) is 9.01. The lowest BCUT2D eigenvalue weighted by Crippen LogP contribution is -2.29. The number of hydrogen-bond acceptors (Lipinski definition) is 10. The fraction of sp³-hybridized carbons (Fsp3) is 0.689. The van der Waals surface area contributed by atoms with Crippen molar-refractivity contribution in [1.82, 2.24) is 0 Å². The number of aliphatic hydroxyl groups excluding tert-OH is 3. The van der Waals surface area contributed by atoms with Crippen molar-refractivity contribution in [2.45, 2.75) is 167 Å². The predicted octanol–water partition coefficient (Wildman–Crippen LogP) is 10.1. The molecule has 328 valence electrons. The minimum absolute atomic E-state index is 0.0982. The van der Waals surface area contributed by atoms with Gasteiger partial charge in [-0.05, 0) is 50.9 Å². The standard InChI is InChI=1S/C45H77O11P/c1-4-6-26-32-41(47)33-28-23-19-15-10-8-7-9-11-16-20-24-29-34-44(49)53-38-43(39-55-57(51,52)54-37-42(48)36-46)56-45(50)35-30-25-21-17-13-12-14-18-22-27-31-40(3)5-2/h6,8-11,19-20,23-24,26,28,33,40-43,46-48H,4-5,7,12-18,21-22,25,27,29-32,34-39H2,1-3H3,(H,51,52)/b10-8-,11-9-,23-19+,24-20-,26-6-,33-28+/t40?,41?,42-,43+/m0/s1. The second-order valence-electron chi connectivity index (χ2n) is 14.4. The Morgan fingerprint density at radius 3 is 1.86 bits per heavy atom. The first-order valence-electron chi connectivity index (χ1n) is 21.4. The molecule has 3 unspecified atom stereocenters. The summed E-state index contributed by atoms with van der Waals surface area (Å²) in [6, 6.07) is 0. The molecule has 0 aromatic heterocycles. The third-order valence-corrected chi connectivity index (χ3v) is 9.96. The van der Waals surface area contributed by atoms with E-state index in [-0.39, 0.29) is 19.4 Å². The minimum atomic E-state index is -4.64. The zero-order valence-electron chi connectivity index (χ0n) is 35.3. The molecule has 12 heteroatoms. The molecule has 4 N–H and O–H groups in total. The number of unbranched alkanes of at least 4 members (excludes halogenated alkanes) is 9. The van der Waals surface area contributed by atoms with E-state index in [2.05, 4.69) is 43.5 Å². The van der Waals surface area contributed by atoms with Crippen LogP contribution in [0.25, 0.3) is 0 Å². The van der Waals surface area contributed by atoms with Crippen molar-refractivity contribution in [3.8, 4) is 0 Å². The second kappa shape index (κ2) is 38.9. The first-order valence-corrected chi connectivity index (χ1v) is 22.9. The highest BCUT2D eigenvalue weighted by molar-refractivity contribution is 7.47. The molecule has 5 atom stereocenters. The van der Waals surface area contributed by atoms with Crippen LogP contribution in [0.15, 0.2) is 72.9 Å². The first-order chi connectivity index (χ1) is 27.5. The van der Waals surface area contributed by atoms with Gasteiger partial charge in [-0.2, -0.15) is 0 Å². The third kappa shape index (κ3) is 38.6. The van der Waals surface area contributed by atoms with E-state index in [1.54, 1.807) is 6.08 Å². The van der Waals surface area contributed by atoms with Crippen LogP contribution in [0.2, 0.25) is 0 Å². The van der Waals surface area contributed by atoms with Crippen molar-refractivity contribution in [3.63, 3.8) is 0 Å². The molecule has 0 amide bonds. The zero-order chi connectivity index (χ0) is 42.2. The highest BCUT2D eigenvalue weighted by atomic mass is 31.2. The number of esters is 2. The van der Waals surface area contributed by atoms with Crippen LogP contribution < -0.4 is 0 Å². The summed E-state index contributed by atoms with van der Waals surface area (Å²) in [7, 11) is -4.64. The Morgan fingerprint density at radius 2 is 1.25 bits per heavy atom. The Hall–Kier alpha value is -2.63. The van der Waals surface area contributed by atoms with E-state index in [1.165, 1.54) is 51.4 Å². The quantitative estimate of drug-likeness (QED) is 0.0154. The Bertz CT molecular complexity index is 1210. The van der Waals surface area contributed by atoms with Crippen LogP contribution in [0.5, 0.6) is 0 Å². The summed E-state index contributed by atoms with van der Waals surface area (Å²) in [6.45, 7) is 4.39. The van der Waals surface area contributed by atoms with Crippen molar-refractivity contribution in [2.75, 3.05) is 26.4 Å². The van der Waals surface area contributed by atoms with Gasteiger partial charge in [-0.25, -0.2) is 4.57 Å². The predicted molar refractivity (Wildman–Crippen MR) is 229 cm³/mol. The van der Waals surface area contributed by atoms with Gasteiger partial charge in [0.25, 0.3) is 0 Å². The van der Waals surface area contributed by atoms with Crippen LogP contribution in [0, 0.1) is 5.92 Å². The van der Waals surface area contributed by atoms with Crippen molar-refractivity contribution in [1.29, 1.82) is 0 Å². The maximum atomic E-state index is 12.6. The van der Waals surface area contributed by atoms with Gasteiger partial charge in [-0.3, -0.25) is 18.6 Å². The van der Waals surface area contributed by atoms with Crippen molar-refractivity contribution >= 4 is 19.8 Å². The molecule has 0 aliphatic carbocycles. The van der Waals surface area contributed by atoms with Gasteiger partial charge in [-0.1, -0.05) is 164 Å². The van der Waals surface area contributed by atoms with Gasteiger partial charge in [0.1, 0.15) is 12.7 Å². The molecule has 0 aliphatic rings. The van der Waals surface area contributed by atoms with Gasteiger partial charge in [0.05, 0.1) is 25.9 Å². The Kier molecular flexibility index (Phi) is 37.1. The minimum Gasteiger partial charge on any atom is -0.462 e. The normalized spacial score (nSPS) is 15.7. The summed E-state index contributed by atoms with van der Waals surface area (Å²) in [6.07, 6.45) is 39.3. The second-order valence-corrected chi connectivity index (χ2v) is 15.9. The first kappa shape index (κ1) is 54.4. The van der Waals surface area contributed by atoms with E-state index in [9.17, 15) is 29.3 Å². The summed E-state index contributed by atoms with van der Waals surface area (Å²) in [5, 5.41) is 28.1. The molecule has 0 saturated heterocycles. The summed E-state index contributed by atoms with van der Waals surface area (Å²) in [5.74, 6) is -0.222. The van der Waals surface area contributed by atoms with Gasteiger partial charge in [0.2, 0.25) is 0 Å². The summed E-state index contributed by atoms with van der Waals surface area (Å²) in [5.41, 5.74) is 0. The number of aliphatic hydroxyl groups is 3. The number of ether oxygens (including phenoxy) is 2. The number of carbonyl (C=O) groups is 2. The number of phosphoric acid groups is 1. The Morgan fingerprint density at radius 1 is 0.667 bits per heavy atom. The SMILES string of the molecule is CC/C=C\CC(O)/C=C/C=C/C/C=C\C/C=C\C/C=C\CCC(=O)OC[C@H](COP(=O)(O)OC[C@@H](O)CO)OC(=O)CCCCCCCCCCCCC(C)CC. The molecule has 57 heavy (non-hydrogen) atoms. The van der Waals surface area contributed by atoms with Crippen LogP contribution in [0.4, 0.5) is 0 Å². The van der Waals surface area contributed by atoms with Crippen LogP contribution in [0.1, 0.15) is 149 Å². The van der Waals surface area contributed by atoms with Crippen LogP contribution in [-0.2, 0) is 32.7 Å². The van der Waals surface area contributed by atoms with Crippen LogP contribution >= 0.6 is 7.82 Å². The van der Waals surface area contributed by atoms with Crippen LogP contribution in [0.3, 0.4) is 0 Å². The summed E-state index contributed by atoms with van der Waals surface area (Å²) in [4.78, 5) is 34.9. The van der Waals surface area contributed by atoms with E-state index in [1.807, 2.05) is 48.6 Å². The van der Waals surface area contributed by atoms with Gasteiger partial charge >= 0.3 is 19.8 Å². The van der Waals surface area contributed by atoms with Gasteiger partial charge in [-0.15, -0.1) is 0 Å². The van der Waals surface area contributed by atoms with E-state index >= 15 is 0 Å². The highest BCUT2D eigenvalue weighted by Gasteiger charge is 2.27. The molecule has 0 fully saturated rings. The summed E-state index contributed by atoms with van der Waals surface area (Å²) < 4.78 is 32.6. The number of allylic oxidation sites excluding steroid dienone is 10. The fourth-order valence-corrected chi connectivity index (χ4v) is 6.10. The fourth-order valence-electron chi connectivity index (χ4n) is 5.31. The van der Waals surface area contributed by atoms with Gasteiger partial charge in [0.15, 0.2) is 6.10 Å². The molecular weight excluding hydrogens is 747 g/mol. The van der Waals surface area contributed by atoms with Crippen molar-refractivity contribution in [3.05, 3.63) is 72.9 Å². The smallest absolute Gasteiger partial charge is 0.462 e. The largest absolute Gasteiger partial charge is 0.472 e. The van der Waals surface area contributed by atoms with Gasteiger partial charge in [0, 0.05) is 12.8 Å². The molecule has 0 aromatic carbocycles. The average Bonchev–Trinajstić information content (AvgIpc) is 3.19. The zero-order valence-corrected chi connectivity index (χ0v) is 36.2. The molecule has 0 aromatic rings. The number of phosphoric ester groups is 1. The Labute approximate surface area is 344 Å². The maximum Gasteiger partial charge on any atom is 0.472 e. The van der Waals surface area contributed by atoms with E-state index in [0.717, 1.165) is 50.9 Å². The van der Waals surface area contributed by atoms with Crippen LogP contribution in [-0.4, -0.2) is 76.9 Å². The summed E-state index contributed by atoms with van der Waals surface area (Å²) >= 11 is 0. The van der Waals surface area contributed by atoms with E-state index < -0.39 is 57.9 Å². The monoisotopic (exact) mass is 825 g/mol. The topological polar surface area (TPSA) is 169 Å². The van der Waals surface area contributed by atoms with E-state index in [4.69, 9.17) is 19.1 Å². The Balaban J connectivity index is 4.48. The lowest BCUT2D eigenvalue weighted by atomic mass is 9.99. The maximum absolute atomic E-state index is 12.6. The molecule has 0 radical (unpaired) electrons. The molecule has 0 aliphatic heterocycles.